The Morgan fingerprint density at radius 1 is 1.47 bits per heavy atom. The molecule has 0 radical (unpaired) electrons. The minimum atomic E-state index is 0.464. The number of pyridine rings is 1. The molecule has 0 spiro atoms. The second-order valence-electron chi connectivity index (χ2n) is 5.18. The maximum atomic E-state index is 4.71. The van der Waals surface area contributed by atoms with Gasteiger partial charge in [0.05, 0.1) is 11.4 Å². The molecule has 0 aliphatic carbocycles. The molecule has 0 saturated heterocycles. The summed E-state index contributed by atoms with van der Waals surface area (Å²) in [6.07, 6.45) is 1.86. The summed E-state index contributed by atoms with van der Waals surface area (Å²) >= 11 is 0. The van der Waals surface area contributed by atoms with E-state index in [1.54, 1.807) is 0 Å². The predicted molar refractivity (Wildman–Crippen MR) is 79.2 cm³/mol. The highest BCUT2D eigenvalue weighted by Crippen LogP contribution is 2.27. The fourth-order valence-corrected chi connectivity index (χ4v) is 2.38. The van der Waals surface area contributed by atoms with Crippen LogP contribution in [0.4, 0.5) is 0 Å². The van der Waals surface area contributed by atoms with E-state index in [4.69, 9.17) is 4.98 Å². The lowest BCUT2D eigenvalue weighted by Gasteiger charge is -2.11. The average Bonchev–Trinajstić information content (AvgIpc) is 2.64. The molecule has 2 heterocycles. The van der Waals surface area contributed by atoms with Crippen LogP contribution in [0.15, 0.2) is 18.7 Å². The lowest BCUT2D eigenvalue weighted by Crippen LogP contribution is -2.14. The number of fused-ring (bicyclic) bond motifs is 1. The lowest BCUT2D eigenvalue weighted by atomic mass is 9.99. The third-order valence-electron chi connectivity index (χ3n) is 3.27. The van der Waals surface area contributed by atoms with Crippen LogP contribution in [-0.4, -0.2) is 21.3 Å². The van der Waals surface area contributed by atoms with E-state index in [0.717, 1.165) is 30.1 Å². The van der Waals surface area contributed by atoms with Crippen molar-refractivity contribution in [2.75, 3.05) is 6.54 Å². The van der Waals surface area contributed by atoms with Crippen molar-refractivity contribution in [1.82, 2.24) is 20.1 Å². The van der Waals surface area contributed by atoms with Crippen LogP contribution in [0.2, 0.25) is 0 Å². The first-order valence-electron chi connectivity index (χ1n) is 6.69. The molecule has 2 rings (SSSR count). The Kier molecular flexibility index (Phi) is 4.00. The van der Waals surface area contributed by atoms with E-state index >= 15 is 0 Å². The molecule has 2 aromatic rings. The van der Waals surface area contributed by atoms with E-state index in [1.807, 2.05) is 24.7 Å². The van der Waals surface area contributed by atoms with Crippen molar-refractivity contribution < 1.29 is 0 Å². The van der Waals surface area contributed by atoms with Crippen molar-refractivity contribution in [2.24, 2.45) is 7.05 Å². The molecule has 0 amide bonds. The summed E-state index contributed by atoms with van der Waals surface area (Å²) in [6, 6.07) is 2.19. The SMILES string of the molecule is C=CCNCc1cc(C(C)C)c2c(C)nn(C)c2n1. The predicted octanol–water partition coefficient (Wildman–Crippen LogP) is 2.68. The zero-order valence-electron chi connectivity index (χ0n) is 12.2. The molecule has 0 atom stereocenters. The van der Waals surface area contributed by atoms with E-state index in [9.17, 15) is 0 Å². The first kappa shape index (κ1) is 13.7. The summed E-state index contributed by atoms with van der Waals surface area (Å²) in [5.41, 5.74) is 4.41. The van der Waals surface area contributed by atoms with Crippen LogP contribution in [-0.2, 0) is 13.6 Å². The lowest BCUT2D eigenvalue weighted by molar-refractivity contribution is 0.729. The molecule has 0 aliphatic rings. The summed E-state index contributed by atoms with van der Waals surface area (Å²) in [5, 5.41) is 8.99. The highest BCUT2D eigenvalue weighted by Gasteiger charge is 2.15. The van der Waals surface area contributed by atoms with E-state index in [-0.39, 0.29) is 0 Å². The molecule has 0 aliphatic heterocycles. The second-order valence-corrected chi connectivity index (χ2v) is 5.18. The number of hydrogen-bond acceptors (Lipinski definition) is 3. The number of aromatic nitrogens is 3. The summed E-state index contributed by atoms with van der Waals surface area (Å²) in [7, 11) is 1.95. The van der Waals surface area contributed by atoms with Crippen LogP contribution in [0.3, 0.4) is 0 Å². The monoisotopic (exact) mass is 258 g/mol. The van der Waals surface area contributed by atoms with Crippen LogP contribution in [0.1, 0.15) is 36.7 Å². The van der Waals surface area contributed by atoms with Gasteiger partial charge in [0, 0.05) is 25.5 Å². The molecule has 0 bridgehead atoms. The Morgan fingerprint density at radius 2 is 2.21 bits per heavy atom. The van der Waals surface area contributed by atoms with Crippen molar-refractivity contribution in [3.05, 3.63) is 35.7 Å². The first-order chi connectivity index (χ1) is 9.04. The zero-order valence-corrected chi connectivity index (χ0v) is 12.2. The van der Waals surface area contributed by atoms with E-state index in [1.165, 1.54) is 10.9 Å². The fourth-order valence-electron chi connectivity index (χ4n) is 2.38. The standard InChI is InChI=1S/C15H22N4/c1-6-7-16-9-12-8-13(10(2)3)14-11(4)18-19(5)15(14)17-12/h6,8,10,16H,1,7,9H2,2-5H3. The molecule has 4 heteroatoms. The van der Waals surface area contributed by atoms with E-state index in [2.05, 4.69) is 36.9 Å². The molecular weight excluding hydrogens is 236 g/mol. The molecule has 19 heavy (non-hydrogen) atoms. The smallest absolute Gasteiger partial charge is 0.158 e. The van der Waals surface area contributed by atoms with Crippen LogP contribution in [0.5, 0.6) is 0 Å². The normalized spacial score (nSPS) is 11.4. The molecule has 4 nitrogen and oxygen atoms in total. The van der Waals surface area contributed by atoms with Crippen LogP contribution >= 0.6 is 0 Å². The molecule has 0 saturated carbocycles. The Hall–Kier alpha value is -1.68. The van der Waals surface area contributed by atoms with Gasteiger partial charge in [-0.3, -0.25) is 4.68 Å². The molecular formula is C15H22N4. The maximum Gasteiger partial charge on any atom is 0.158 e. The van der Waals surface area contributed by atoms with Gasteiger partial charge in [-0.15, -0.1) is 6.58 Å². The minimum absolute atomic E-state index is 0.464. The molecule has 2 aromatic heterocycles. The maximum absolute atomic E-state index is 4.71. The topological polar surface area (TPSA) is 42.7 Å². The molecule has 0 fully saturated rings. The highest BCUT2D eigenvalue weighted by molar-refractivity contribution is 5.82. The number of hydrogen-bond donors (Lipinski definition) is 1. The number of nitrogens with one attached hydrogen (secondary N) is 1. The fraction of sp³-hybridized carbons (Fsp3) is 0.467. The Labute approximate surface area is 114 Å². The second kappa shape index (κ2) is 5.53. The van der Waals surface area contributed by atoms with Crippen molar-refractivity contribution in [2.45, 2.75) is 33.2 Å². The van der Waals surface area contributed by atoms with Crippen molar-refractivity contribution in [3.63, 3.8) is 0 Å². The van der Waals surface area contributed by atoms with Crippen LogP contribution in [0.25, 0.3) is 11.0 Å². The van der Waals surface area contributed by atoms with Gasteiger partial charge < -0.3 is 5.32 Å². The highest BCUT2D eigenvalue weighted by atomic mass is 15.3. The summed E-state index contributed by atoms with van der Waals surface area (Å²) in [5.74, 6) is 0.464. The van der Waals surface area contributed by atoms with Gasteiger partial charge in [0.15, 0.2) is 5.65 Å². The summed E-state index contributed by atoms with van der Waals surface area (Å²) in [6.45, 7) is 11.7. The summed E-state index contributed by atoms with van der Waals surface area (Å²) in [4.78, 5) is 4.71. The van der Waals surface area contributed by atoms with Gasteiger partial charge in [-0.1, -0.05) is 19.9 Å². The Morgan fingerprint density at radius 3 is 2.84 bits per heavy atom. The Bertz CT molecular complexity index is 596. The van der Waals surface area contributed by atoms with Crippen molar-refractivity contribution in [1.29, 1.82) is 0 Å². The van der Waals surface area contributed by atoms with Crippen LogP contribution in [0, 0.1) is 6.92 Å². The average molecular weight is 258 g/mol. The van der Waals surface area contributed by atoms with Crippen molar-refractivity contribution >= 4 is 11.0 Å². The number of nitrogens with zero attached hydrogens (tertiary/aromatic N) is 3. The quantitative estimate of drug-likeness (QED) is 0.662. The van der Waals surface area contributed by atoms with Crippen molar-refractivity contribution in [3.8, 4) is 0 Å². The summed E-state index contributed by atoms with van der Waals surface area (Å²) < 4.78 is 1.87. The third kappa shape index (κ3) is 2.68. The molecule has 102 valence electrons. The van der Waals surface area contributed by atoms with Gasteiger partial charge in [0.2, 0.25) is 0 Å². The molecule has 1 N–H and O–H groups in total. The number of rotatable bonds is 5. The van der Waals surface area contributed by atoms with Gasteiger partial charge >= 0.3 is 0 Å². The molecule has 0 unspecified atom stereocenters. The van der Waals surface area contributed by atoms with Gasteiger partial charge in [0.1, 0.15) is 0 Å². The van der Waals surface area contributed by atoms with Gasteiger partial charge in [-0.25, -0.2) is 4.98 Å². The molecule has 0 aromatic carbocycles. The minimum Gasteiger partial charge on any atom is -0.308 e. The third-order valence-corrected chi connectivity index (χ3v) is 3.27. The number of aryl methyl sites for hydroxylation is 2. The van der Waals surface area contributed by atoms with E-state index in [0.29, 0.717) is 5.92 Å². The van der Waals surface area contributed by atoms with Crippen LogP contribution < -0.4 is 5.32 Å². The van der Waals surface area contributed by atoms with Gasteiger partial charge in [-0.05, 0) is 24.5 Å². The van der Waals surface area contributed by atoms with E-state index < -0.39 is 0 Å². The van der Waals surface area contributed by atoms with Gasteiger partial charge in [0.25, 0.3) is 0 Å². The largest absolute Gasteiger partial charge is 0.308 e. The first-order valence-corrected chi connectivity index (χ1v) is 6.69. The Balaban J connectivity index is 2.50. The van der Waals surface area contributed by atoms with Gasteiger partial charge in [-0.2, -0.15) is 5.10 Å². The zero-order chi connectivity index (χ0) is 14.0.